The molecule has 0 fully saturated rings. The molecular formula is C16H20N4O. The van der Waals surface area contributed by atoms with Crippen LogP contribution in [0.3, 0.4) is 0 Å². The molecule has 110 valence electrons. The number of hydrogen-bond donors (Lipinski definition) is 2. The second-order valence-electron chi connectivity index (χ2n) is 5.84. The Bertz CT molecular complexity index is 588. The number of carbonyl (C=O) groups excluding carboxylic acids is 1. The van der Waals surface area contributed by atoms with E-state index in [2.05, 4.69) is 20.6 Å². The van der Waals surface area contributed by atoms with Crippen molar-refractivity contribution in [3.8, 4) is 0 Å². The first-order valence-corrected chi connectivity index (χ1v) is 6.86. The fourth-order valence-corrected chi connectivity index (χ4v) is 1.73. The Morgan fingerprint density at radius 1 is 1.10 bits per heavy atom. The van der Waals surface area contributed by atoms with E-state index in [1.54, 1.807) is 0 Å². The average molecular weight is 284 g/mol. The number of amides is 1. The minimum atomic E-state index is -0.276. The number of rotatable bonds is 4. The molecule has 5 nitrogen and oxygen atoms in total. The first-order chi connectivity index (χ1) is 9.94. The second kappa shape index (κ2) is 6.35. The van der Waals surface area contributed by atoms with E-state index in [1.165, 1.54) is 12.4 Å². The van der Waals surface area contributed by atoms with Gasteiger partial charge in [-0.05, 0) is 26.3 Å². The molecule has 0 aliphatic rings. The van der Waals surface area contributed by atoms with Crippen LogP contribution in [0.1, 0.15) is 36.7 Å². The van der Waals surface area contributed by atoms with Crippen molar-refractivity contribution in [1.82, 2.24) is 15.3 Å². The van der Waals surface area contributed by atoms with Gasteiger partial charge >= 0.3 is 0 Å². The van der Waals surface area contributed by atoms with E-state index in [0.29, 0.717) is 18.1 Å². The van der Waals surface area contributed by atoms with Crippen LogP contribution in [0.25, 0.3) is 0 Å². The van der Waals surface area contributed by atoms with Crippen molar-refractivity contribution in [3.63, 3.8) is 0 Å². The topological polar surface area (TPSA) is 66.9 Å². The molecule has 2 aromatic rings. The van der Waals surface area contributed by atoms with E-state index < -0.39 is 0 Å². The Balaban J connectivity index is 1.94. The van der Waals surface area contributed by atoms with Crippen LogP contribution in [0.15, 0.2) is 42.7 Å². The van der Waals surface area contributed by atoms with Crippen LogP contribution >= 0.6 is 0 Å². The molecule has 1 heterocycles. The zero-order valence-corrected chi connectivity index (χ0v) is 12.6. The lowest BCUT2D eigenvalue weighted by Crippen LogP contribution is -2.40. The fraction of sp³-hybridized carbons (Fsp3) is 0.312. The highest BCUT2D eigenvalue weighted by Crippen LogP contribution is 2.06. The quantitative estimate of drug-likeness (QED) is 0.905. The Morgan fingerprint density at radius 2 is 1.71 bits per heavy atom. The lowest BCUT2D eigenvalue weighted by atomic mass is 10.1. The van der Waals surface area contributed by atoms with Crippen molar-refractivity contribution >= 4 is 11.9 Å². The summed E-state index contributed by atoms with van der Waals surface area (Å²) in [6, 6.07) is 9.99. The molecule has 0 radical (unpaired) electrons. The summed E-state index contributed by atoms with van der Waals surface area (Å²) in [6.07, 6.45) is 3.06. The highest BCUT2D eigenvalue weighted by atomic mass is 16.1. The Morgan fingerprint density at radius 3 is 2.29 bits per heavy atom. The molecule has 5 heteroatoms. The van der Waals surface area contributed by atoms with Gasteiger partial charge in [0, 0.05) is 24.5 Å². The number of benzene rings is 1. The maximum Gasteiger partial charge on any atom is 0.254 e. The summed E-state index contributed by atoms with van der Waals surface area (Å²) in [5.41, 5.74) is 1.33. The smallest absolute Gasteiger partial charge is 0.254 e. The average Bonchev–Trinajstić information content (AvgIpc) is 2.45. The summed E-state index contributed by atoms with van der Waals surface area (Å²) in [6.45, 7) is 6.44. The van der Waals surface area contributed by atoms with Crippen molar-refractivity contribution in [3.05, 3.63) is 53.9 Å². The van der Waals surface area contributed by atoms with E-state index in [9.17, 15) is 4.79 Å². The van der Waals surface area contributed by atoms with Crippen LogP contribution in [0, 0.1) is 0 Å². The molecule has 1 aromatic heterocycles. The van der Waals surface area contributed by atoms with Crippen LogP contribution in [0.4, 0.5) is 5.95 Å². The van der Waals surface area contributed by atoms with Crippen molar-refractivity contribution in [2.24, 2.45) is 0 Å². The summed E-state index contributed by atoms with van der Waals surface area (Å²) in [7, 11) is 0. The van der Waals surface area contributed by atoms with Gasteiger partial charge in [-0.3, -0.25) is 4.79 Å². The van der Waals surface area contributed by atoms with Crippen LogP contribution in [0.2, 0.25) is 0 Å². The van der Waals surface area contributed by atoms with Gasteiger partial charge in [0.05, 0.1) is 5.56 Å². The monoisotopic (exact) mass is 284 g/mol. The minimum absolute atomic E-state index is 0.169. The molecule has 1 amide bonds. The molecule has 0 atom stereocenters. The van der Waals surface area contributed by atoms with E-state index in [4.69, 9.17) is 0 Å². The summed E-state index contributed by atoms with van der Waals surface area (Å²) < 4.78 is 0. The molecular weight excluding hydrogens is 264 g/mol. The lowest BCUT2D eigenvalue weighted by Gasteiger charge is -2.20. The lowest BCUT2D eigenvalue weighted by molar-refractivity contribution is 0.0919. The van der Waals surface area contributed by atoms with E-state index >= 15 is 0 Å². The van der Waals surface area contributed by atoms with Crippen LogP contribution < -0.4 is 10.6 Å². The third kappa shape index (κ3) is 4.87. The highest BCUT2D eigenvalue weighted by Gasteiger charge is 2.15. The molecule has 0 aliphatic carbocycles. The van der Waals surface area contributed by atoms with Gasteiger partial charge in [-0.2, -0.15) is 0 Å². The van der Waals surface area contributed by atoms with E-state index in [-0.39, 0.29) is 11.4 Å². The third-order valence-electron chi connectivity index (χ3n) is 2.70. The number of hydrogen-bond acceptors (Lipinski definition) is 4. The van der Waals surface area contributed by atoms with Gasteiger partial charge in [0.1, 0.15) is 0 Å². The number of nitrogens with zero attached hydrogens (tertiary/aromatic N) is 2. The highest BCUT2D eigenvalue weighted by molar-refractivity contribution is 5.94. The number of anilines is 1. The first kappa shape index (κ1) is 15.0. The van der Waals surface area contributed by atoms with E-state index in [1.807, 2.05) is 51.1 Å². The van der Waals surface area contributed by atoms with Gasteiger partial charge in [0.15, 0.2) is 0 Å². The summed E-state index contributed by atoms with van der Waals surface area (Å²) in [5.74, 6) is 0.336. The molecule has 0 unspecified atom stereocenters. The maximum atomic E-state index is 11.9. The maximum absolute atomic E-state index is 11.9. The zero-order valence-electron chi connectivity index (χ0n) is 12.6. The van der Waals surface area contributed by atoms with Gasteiger partial charge < -0.3 is 10.6 Å². The minimum Gasteiger partial charge on any atom is -0.350 e. The standard InChI is InChI=1S/C16H20N4O/c1-16(2,3)20-14(21)13-10-18-15(19-11-13)17-9-12-7-5-4-6-8-12/h4-8,10-11H,9H2,1-3H3,(H,20,21)(H,17,18,19). The molecule has 0 spiro atoms. The predicted octanol–water partition coefficient (Wildman–Crippen LogP) is 2.62. The summed E-state index contributed by atoms with van der Waals surface area (Å²) in [5, 5.41) is 5.99. The number of aromatic nitrogens is 2. The van der Waals surface area contributed by atoms with Gasteiger partial charge in [0.25, 0.3) is 5.91 Å². The SMILES string of the molecule is CC(C)(C)NC(=O)c1cnc(NCc2ccccc2)nc1. The van der Waals surface area contributed by atoms with Crippen LogP contribution in [-0.2, 0) is 6.54 Å². The molecule has 0 saturated carbocycles. The molecule has 0 bridgehead atoms. The largest absolute Gasteiger partial charge is 0.350 e. The van der Waals surface area contributed by atoms with Crippen molar-refractivity contribution in [1.29, 1.82) is 0 Å². The van der Waals surface area contributed by atoms with Gasteiger partial charge in [0.2, 0.25) is 5.95 Å². The first-order valence-electron chi connectivity index (χ1n) is 6.86. The van der Waals surface area contributed by atoms with Gasteiger partial charge in [-0.15, -0.1) is 0 Å². The van der Waals surface area contributed by atoms with Crippen LogP contribution in [-0.4, -0.2) is 21.4 Å². The molecule has 21 heavy (non-hydrogen) atoms. The van der Waals surface area contributed by atoms with Gasteiger partial charge in [-0.1, -0.05) is 30.3 Å². The molecule has 1 aromatic carbocycles. The van der Waals surface area contributed by atoms with Crippen LogP contribution in [0.5, 0.6) is 0 Å². The molecule has 0 saturated heterocycles. The van der Waals surface area contributed by atoms with Gasteiger partial charge in [-0.25, -0.2) is 9.97 Å². The van der Waals surface area contributed by atoms with Crippen molar-refractivity contribution in [2.75, 3.05) is 5.32 Å². The van der Waals surface area contributed by atoms with E-state index in [0.717, 1.165) is 5.56 Å². The number of nitrogens with one attached hydrogen (secondary N) is 2. The second-order valence-corrected chi connectivity index (χ2v) is 5.84. The summed E-state index contributed by atoms with van der Waals surface area (Å²) >= 11 is 0. The molecule has 2 rings (SSSR count). The number of carbonyl (C=O) groups is 1. The summed E-state index contributed by atoms with van der Waals surface area (Å²) in [4.78, 5) is 20.3. The third-order valence-corrected chi connectivity index (χ3v) is 2.70. The fourth-order valence-electron chi connectivity index (χ4n) is 1.73. The zero-order chi connectivity index (χ0) is 15.3. The van der Waals surface area contributed by atoms with Crippen molar-refractivity contribution < 1.29 is 4.79 Å². The normalized spacial score (nSPS) is 11.0. The molecule has 2 N–H and O–H groups in total. The predicted molar refractivity (Wildman–Crippen MR) is 83.0 cm³/mol. The Hall–Kier alpha value is -2.43. The Labute approximate surface area is 124 Å². The molecule has 0 aliphatic heterocycles. The van der Waals surface area contributed by atoms with Crippen molar-refractivity contribution in [2.45, 2.75) is 32.9 Å². The Kier molecular flexibility index (Phi) is 4.52.